The summed E-state index contributed by atoms with van der Waals surface area (Å²) in [6, 6.07) is 0. The molecule has 1 atom stereocenters. The summed E-state index contributed by atoms with van der Waals surface area (Å²) >= 11 is 0. The molecular formula is C9H14O4. The highest BCUT2D eigenvalue weighted by atomic mass is 16.5. The highest BCUT2D eigenvalue weighted by Gasteiger charge is 2.42. The van der Waals surface area contributed by atoms with Crippen LogP contribution in [0.25, 0.3) is 0 Å². The lowest BCUT2D eigenvalue weighted by molar-refractivity contribution is -0.143. The van der Waals surface area contributed by atoms with E-state index >= 15 is 0 Å². The Bertz CT molecular complexity index is 232. The van der Waals surface area contributed by atoms with Crippen molar-refractivity contribution in [3.05, 3.63) is 0 Å². The minimum Gasteiger partial charge on any atom is -0.469 e. The van der Waals surface area contributed by atoms with Crippen LogP contribution in [0.4, 0.5) is 0 Å². The predicted molar refractivity (Wildman–Crippen MR) is 45.2 cm³/mol. The van der Waals surface area contributed by atoms with Crippen molar-refractivity contribution in [1.82, 2.24) is 0 Å². The molecule has 1 unspecified atom stereocenters. The largest absolute Gasteiger partial charge is 0.469 e. The molecule has 1 aliphatic heterocycles. The van der Waals surface area contributed by atoms with Crippen molar-refractivity contribution in [2.24, 2.45) is 5.92 Å². The maximum absolute atomic E-state index is 11.5. The summed E-state index contributed by atoms with van der Waals surface area (Å²) in [6.45, 7) is 3.75. The van der Waals surface area contributed by atoms with Crippen molar-refractivity contribution >= 4 is 11.8 Å². The zero-order valence-electron chi connectivity index (χ0n) is 8.12. The molecule has 0 aromatic rings. The van der Waals surface area contributed by atoms with E-state index in [2.05, 4.69) is 4.74 Å². The van der Waals surface area contributed by atoms with Crippen molar-refractivity contribution < 1.29 is 19.1 Å². The molecule has 0 spiro atoms. The van der Waals surface area contributed by atoms with Gasteiger partial charge in [0.2, 0.25) is 0 Å². The van der Waals surface area contributed by atoms with Gasteiger partial charge in [0.05, 0.1) is 26.1 Å². The molecule has 0 saturated carbocycles. The minimum atomic E-state index is -0.737. The lowest BCUT2D eigenvalue weighted by atomic mass is 9.94. The molecule has 4 nitrogen and oxygen atoms in total. The third-order valence-electron chi connectivity index (χ3n) is 2.25. The number of ether oxygens (including phenoxy) is 2. The Balaban J connectivity index is 2.56. The van der Waals surface area contributed by atoms with Gasteiger partial charge in [-0.3, -0.25) is 9.59 Å². The topological polar surface area (TPSA) is 52.6 Å². The summed E-state index contributed by atoms with van der Waals surface area (Å²) in [6.07, 6.45) is 0.124. The van der Waals surface area contributed by atoms with Crippen molar-refractivity contribution in [2.45, 2.75) is 25.9 Å². The van der Waals surface area contributed by atoms with Crippen LogP contribution in [0.2, 0.25) is 0 Å². The Kier molecular flexibility index (Phi) is 2.71. The van der Waals surface area contributed by atoms with Crippen LogP contribution in [0.3, 0.4) is 0 Å². The number of Topliss-reactive ketones (excluding diaryl/α,β-unsaturated/α-hetero) is 1. The van der Waals surface area contributed by atoms with Gasteiger partial charge in [-0.2, -0.15) is 0 Å². The van der Waals surface area contributed by atoms with Crippen molar-refractivity contribution in [2.75, 3.05) is 13.7 Å². The zero-order chi connectivity index (χ0) is 10.1. The van der Waals surface area contributed by atoms with Gasteiger partial charge in [-0.05, 0) is 13.8 Å². The van der Waals surface area contributed by atoms with E-state index in [1.807, 2.05) is 0 Å². The van der Waals surface area contributed by atoms with Gasteiger partial charge >= 0.3 is 5.97 Å². The van der Waals surface area contributed by atoms with Crippen LogP contribution < -0.4 is 0 Å². The highest BCUT2D eigenvalue weighted by Crippen LogP contribution is 2.27. The molecule has 13 heavy (non-hydrogen) atoms. The van der Waals surface area contributed by atoms with Crippen LogP contribution in [-0.4, -0.2) is 31.1 Å². The zero-order valence-corrected chi connectivity index (χ0v) is 8.12. The summed E-state index contributed by atoms with van der Waals surface area (Å²) in [5.74, 6) is -0.708. The van der Waals surface area contributed by atoms with Crippen LogP contribution >= 0.6 is 0 Å². The first kappa shape index (κ1) is 10.2. The average molecular weight is 186 g/mol. The molecule has 1 saturated heterocycles. The number of esters is 1. The fourth-order valence-electron chi connectivity index (χ4n) is 1.38. The van der Waals surface area contributed by atoms with E-state index in [4.69, 9.17) is 4.74 Å². The standard InChI is InChI=1S/C9H14O4/c1-9(2)8(11)6(5-13-9)4-7(10)12-3/h6H,4-5H2,1-3H3. The second-order valence-electron chi connectivity index (χ2n) is 3.66. The maximum Gasteiger partial charge on any atom is 0.306 e. The Labute approximate surface area is 77.2 Å². The van der Waals surface area contributed by atoms with E-state index in [0.717, 1.165) is 0 Å². The smallest absolute Gasteiger partial charge is 0.306 e. The number of methoxy groups -OCH3 is 1. The van der Waals surface area contributed by atoms with Crippen molar-refractivity contribution in [3.8, 4) is 0 Å². The molecule has 1 aliphatic rings. The lowest BCUT2D eigenvalue weighted by Crippen LogP contribution is -2.30. The molecule has 0 aliphatic carbocycles. The molecule has 0 N–H and O–H groups in total. The fourth-order valence-corrected chi connectivity index (χ4v) is 1.38. The SMILES string of the molecule is COC(=O)CC1COC(C)(C)C1=O. The monoisotopic (exact) mass is 186 g/mol. The van der Waals surface area contributed by atoms with Crippen LogP contribution in [-0.2, 0) is 19.1 Å². The first-order valence-electron chi connectivity index (χ1n) is 4.22. The first-order chi connectivity index (χ1) is 5.97. The van der Waals surface area contributed by atoms with Gasteiger partial charge in [-0.25, -0.2) is 0 Å². The Morgan fingerprint density at radius 3 is 2.69 bits per heavy atom. The number of hydrogen-bond donors (Lipinski definition) is 0. The molecule has 0 radical (unpaired) electrons. The number of rotatable bonds is 2. The first-order valence-corrected chi connectivity index (χ1v) is 4.22. The van der Waals surface area contributed by atoms with Crippen molar-refractivity contribution in [3.63, 3.8) is 0 Å². The van der Waals surface area contributed by atoms with E-state index in [9.17, 15) is 9.59 Å². The number of ketones is 1. The van der Waals surface area contributed by atoms with Gasteiger partial charge < -0.3 is 9.47 Å². The number of carbonyl (C=O) groups is 2. The summed E-state index contributed by atoms with van der Waals surface area (Å²) in [7, 11) is 1.31. The fraction of sp³-hybridized carbons (Fsp3) is 0.778. The van der Waals surface area contributed by atoms with Gasteiger partial charge in [-0.15, -0.1) is 0 Å². The van der Waals surface area contributed by atoms with Crippen molar-refractivity contribution in [1.29, 1.82) is 0 Å². The highest BCUT2D eigenvalue weighted by molar-refractivity contribution is 5.92. The normalized spacial score (nSPS) is 26.1. The third kappa shape index (κ3) is 2.06. The molecule has 4 heteroatoms. The Morgan fingerprint density at radius 2 is 2.31 bits per heavy atom. The third-order valence-corrected chi connectivity index (χ3v) is 2.25. The van der Waals surface area contributed by atoms with Gasteiger partial charge in [0.25, 0.3) is 0 Å². The van der Waals surface area contributed by atoms with Crippen LogP contribution in [0.1, 0.15) is 20.3 Å². The van der Waals surface area contributed by atoms with Crippen LogP contribution in [0, 0.1) is 5.92 Å². The van der Waals surface area contributed by atoms with E-state index in [1.165, 1.54) is 7.11 Å². The molecule has 0 aromatic heterocycles. The van der Waals surface area contributed by atoms with Gasteiger partial charge in [-0.1, -0.05) is 0 Å². The minimum absolute atomic E-state index is 0.0158. The van der Waals surface area contributed by atoms with E-state index < -0.39 is 5.60 Å². The maximum atomic E-state index is 11.5. The summed E-state index contributed by atoms with van der Waals surface area (Å²) in [5.41, 5.74) is -0.737. The molecule has 0 bridgehead atoms. The molecule has 0 amide bonds. The predicted octanol–water partition coefficient (Wildman–Crippen LogP) is 0.544. The van der Waals surface area contributed by atoms with Gasteiger partial charge in [0.15, 0.2) is 5.78 Å². The van der Waals surface area contributed by atoms with Crippen LogP contribution in [0.15, 0.2) is 0 Å². The molecule has 1 rings (SSSR count). The summed E-state index contributed by atoms with van der Waals surface area (Å²) in [4.78, 5) is 22.4. The summed E-state index contributed by atoms with van der Waals surface area (Å²) in [5, 5.41) is 0. The molecule has 1 heterocycles. The van der Waals surface area contributed by atoms with Gasteiger partial charge in [0.1, 0.15) is 5.60 Å². The van der Waals surface area contributed by atoms with E-state index in [-0.39, 0.29) is 24.1 Å². The quantitative estimate of drug-likeness (QED) is 0.591. The van der Waals surface area contributed by atoms with E-state index in [0.29, 0.717) is 6.61 Å². The molecular weight excluding hydrogens is 172 g/mol. The lowest BCUT2D eigenvalue weighted by Gasteiger charge is -2.13. The second kappa shape index (κ2) is 3.46. The molecule has 1 fully saturated rings. The summed E-state index contributed by atoms with van der Waals surface area (Å²) < 4.78 is 9.74. The molecule has 0 aromatic carbocycles. The molecule has 74 valence electrons. The number of carbonyl (C=O) groups excluding carboxylic acids is 2. The number of hydrogen-bond acceptors (Lipinski definition) is 4. The Morgan fingerprint density at radius 1 is 1.69 bits per heavy atom. The Hall–Kier alpha value is -0.900. The van der Waals surface area contributed by atoms with E-state index in [1.54, 1.807) is 13.8 Å². The van der Waals surface area contributed by atoms with Crippen LogP contribution in [0.5, 0.6) is 0 Å². The van der Waals surface area contributed by atoms with Gasteiger partial charge in [0, 0.05) is 0 Å². The average Bonchev–Trinajstić information content (AvgIpc) is 2.32. The second-order valence-corrected chi connectivity index (χ2v) is 3.66.